The number of benzene rings is 1. The fourth-order valence-electron chi connectivity index (χ4n) is 1.22. The van der Waals surface area contributed by atoms with E-state index >= 15 is 0 Å². The first-order valence-electron chi connectivity index (χ1n) is 3.77. The van der Waals surface area contributed by atoms with Gasteiger partial charge in [-0.1, -0.05) is 5.16 Å². The molecular weight excluding hydrogens is 192 g/mol. The molecule has 0 spiro atoms. The molecule has 0 aliphatic heterocycles. The van der Waals surface area contributed by atoms with Crippen molar-refractivity contribution in [1.29, 1.82) is 0 Å². The molecule has 0 saturated carbocycles. The van der Waals surface area contributed by atoms with Gasteiger partial charge in [0.25, 0.3) is 0 Å². The predicted octanol–water partition coefficient (Wildman–Crippen LogP) is 2.52. The van der Waals surface area contributed by atoms with E-state index in [-0.39, 0.29) is 16.7 Å². The van der Waals surface area contributed by atoms with Crippen LogP contribution in [0.15, 0.2) is 27.8 Å². The summed E-state index contributed by atoms with van der Waals surface area (Å²) in [4.78, 5) is 0. The number of hydrogen-bond donors (Lipinski definition) is 1. The Bertz CT molecular complexity index is 505. The van der Waals surface area contributed by atoms with Gasteiger partial charge >= 0.3 is 0 Å². The second-order valence-corrected chi connectivity index (χ2v) is 2.70. The van der Waals surface area contributed by atoms with Gasteiger partial charge in [-0.05, 0) is 12.1 Å². The molecule has 2 aromatic rings. The van der Waals surface area contributed by atoms with Gasteiger partial charge in [-0.15, -0.1) is 0 Å². The van der Waals surface area contributed by atoms with Crippen LogP contribution in [0.5, 0.6) is 0 Å². The van der Waals surface area contributed by atoms with Gasteiger partial charge in [-0.2, -0.15) is 0 Å². The lowest BCUT2D eigenvalue weighted by molar-refractivity contribution is 0.321. The van der Waals surface area contributed by atoms with Crippen LogP contribution in [0.2, 0.25) is 0 Å². The Morgan fingerprint density at radius 2 is 2.07 bits per heavy atom. The molecule has 2 rings (SSSR count). The number of oxime groups is 1. The summed E-state index contributed by atoms with van der Waals surface area (Å²) in [7, 11) is 0. The van der Waals surface area contributed by atoms with Crippen molar-refractivity contribution in [1.82, 2.24) is 0 Å². The van der Waals surface area contributed by atoms with Gasteiger partial charge in [0.05, 0.1) is 0 Å². The number of fused-ring (bicyclic) bond motifs is 1. The maximum atomic E-state index is 13.1. The van der Waals surface area contributed by atoms with Crippen molar-refractivity contribution in [2.75, 3.05) is 0 Å². The van der Waals surface area contributed by atoms with Gasteiger partial charge < -0.3 is 9.62 Å². The maximum absolute atomic E-state index is 13.1. The summed E-state index contributed by atoms with van der Waals surface area (Å²) in [6, 6.07) is 3.24. The van der Waals surface area contributed by atoms with Crippen molar-refractivity contribution in [3.05, 3.63) is 35.6 Å². The molecule has 0 aliphatic carbocycles. The molecule has 0 radical (unpaired) electrons. The largest absolute Gasteiger partial charge is 0.452 e. The Hall–Kier alpha value is -1.91. The van der Waals surface area contributed by atoms with E-state index in [0.717, 1.165) is 18.3 Å². The highest BCUT2D eigenvalue weighted by molar-refractivity contribution is 5.86. The molecule has 72 valence electrons. The van der Waals surface area contributed by atoms with Crippen molar-refractivity contribution >= 4 is 17.2 Å². The molecule has 5 heteroatoms. The van der Waals surface area contributed by atoms with Crippen LogP contribution < -0.4 is 0 Å². The summed E-state index contributed by atoms with van der Waals surface area (Å²) in [5, 5.41) is 11.2. The third-order valence-corrected chi connectivity index (χ3v) is 1.74. The average molecular weight is 197 g/mol. The summed E-state index contributed by atoms with van der Waals surface area (Å²) < 4.78 is 30.7. The maximum Gasteiger partial charge on any atom is 0.170 e. The van der Waals surface area contributed by atoms with Crippen LogP contribution in [0.25, 0.3) is 11.0 Å². The van der Waals surface area contributed by atoms with Crippen LogP contribution in [0.1, 0.15) is 5.76 Å². The van der Waals surface area contributed by atoms with Crippen molar-refractivity contribution < 1.29 is 18.4 Å². The Balaban J connectivity index is 2.70. The summed E-state index contributed by atoms with van der Waals surface area (Å²) in [5.74, 6) is -1.30. The molecule has 1 N–H and O–H groups in total. The molecule has 1 heterocycles. The summed E-state index contributed by atoms with van der Waals surface area (Å²) in [6.07, 6.45) is 0.997. The number of nitrogens with zero attached hydrogens (tertiary/aromatic N) is 1. The summed E-state index contributed by atoms with van der Waals surface area (Å²) >= 11 is 0. The molecule has 0 bridgehead atoms. The molecular formula is C9H5F2NO2. The molecule has 1 aromatic carbocycles. The lowest BCUT2D eigenvalue weighted by Crippen LogP contribution is -1.78. The molecule has 0 saturated heterocycles. The minimum atomic E-state index is -0.780. The number of rotatable bonds is 1. The van der Waals surface area contributed by atoms with E-state index in [1.54, 1.807) is 0 Å². The Morgan fingerprint density at radius 3 is 2.79 bits per heavy atom. The fourth-order valence-corrected chi connectivity index (χ4v) is 1.22. The number of furan rings is 1. The zero-order valence-electron chi connectivity index (χ0n) is 6.87. The first kappa shape index (κ1) is 8.68. The molecule has 0 amide bonds. The van der Waals surface area contributed by atoms with E-state index in [0.29, 0.717) is 0 Å². The van der Waals surface area contributed by atoms with Crippen LogP contribution in [0.3, 0.4) is 0 Å². The van der Waals surface area contributed by atoms with E-state index in [2.05, 4.69) is 5.16 Å². The molecule has 0 atom stereocenters. The van der Waals surface area contributed by atoms with Gasteiger partial charge in [0, 0.05) is 11.5 Å². The Labute approximate surface area is 77.2 Å². The van der Waals surface area contributed by atoms with Gasteiger partial charge in [-0.25, -0.2) is 8.78 Å². The lowest BCUT2D eigenvalue weighted by Gasteiger charge is -1.90. The lowest BCUT2D eigenvalue weighted by atomic mass is 10.2. The smallest absolute Gasteiger partial charge is 0.170 e. The van der Waals surface area contributed by atoms with Crippen LogP contribution >= 0.6 is 0 Å². The minimum Gasteiger partial charge on any atom is -0.452 e. The monoisotopic (exact) mass is 197 g/mol. The van der Waals surface area contributed by atoms with Crippen molar-refractivity contribution in [2.24, 2.45) is 5.16 Å². The van der Waals surface area contributed by atoms with Crippen molar-refractivity contribution in [3.8, 4) is 0 Å². The molecule has 0 unspecified atom stereocenters. The van der Waals surface area contributed by atoms with E-state index in [1.807, 2.05) is 0 Å². The zero-order valence-corrected chi connectivity index (χ0v) is 6.87. The van der Waals surface area contributed by atoms with E-state index < -0.39 is 11.6 Å². The average Bonchev–Trinajstić information content (AvgIpc) is 2.48. The van der Waals surface area contributed by atoms with Gasteiger partial charge in [0.1, 0.15) is 17.8 Å². The Kier molecular flexibility index (Phi) is 1.92. The number of halogens is 2. The SMILES string of the molecule is O/N=C/c1cc2cc(F)cc(F)c2o1. The molecule has 14 heavy (non-hydrogen) atoms. The topological polar surface area (TPSA) is 45.7 Å². The van der Waals surface area contributed by atoms with E-state index in [9.17, 15) is 8.78 Å². The standard InChI is InChI=1S/C9H5F2NO2/c10-6-1-5-2-7(4-12-13)14-9(5)8(11)3-6/h1-4,13H/b12-4+. The third kappa shape index (κ3) is 1.32. The van der Waals surface area contributed by atoms with E-state index in [4.69, 9.17) is 9.62 Å². The second-order valence-electron chi connectivity index (χ2n) is 2.70. The summed E-state index contributed by atoms with van der Waals surface area (Å²) in [6.45, 7) is 0. The van der Waals surface area contributed by atoms with Crippen molar-refractivity contribution in [3.63, 3.8) is 0 Å². The number of hydrogen-bond acceptors (Lipinski definition) is 3. The van der Waals surface area contributed by atoms with Crippen LogP contribution in [-0.2, 0) is 0 Å². The first-order valence-corrected chi connectivity index (χ1v) is 3.77. The van der Waals surface area contributed by atoms with Gasteiger partial charge in [0.15, 0.2) is 11.4 Å². The highest BCUT2D eigenvalue weighted by atomic mass is 19.1. The third-order valence-electron chi connectivity index (χ3n) is 1.74. The first-order chi connectivity index (χ1) is 6.70. The molecule has 3 nitrogen and oxygen atoms in total. The molecule has 1 aromatic heterocycles. The van der Waals surface area contributed by atoms with E-state index in [1.165, 1.54) is 6.07 Å². The molecule has 0 fully saturated rings. The van der Waals surface area contributed by atoms with Crippen LogP contribution in [-0.4, -0.2) is 11.4 Å². The van der Waals surface area contributed by atoms with Crippen LogP contribution in [0.4, 0.5) is 8.78 Å². The zero-order chi connectivity index (χ0) is 10.1. The highest BCUT2D eigenvalue weighted by Gasteiger charge is 2.09. The molecule has 0 aliphatic rings. The highest BCUT2D eigenvalue weighted by Crippen LogP contribution is 2.22. The van der Waals surface area contributed by atoms with Crippen molar-refractivity contribution in [2.45, 2.75) is 0 Å². The Morgan fingerprint density at radius 1 is 1.29 bits per heavy atom. The van der Waals surface area contributed by atoms with Gasteiger partial charge in [-0.3, -0.25) is 0 Å². The predicted molar refractivity (Wildman–Crippen MR) is 45.5 cm³/mol. The fraction of sp³-hybridized carbons (Fsp3) is 0. The van der Waals surface area contributed by atoms with Crippen LogP contribution in [0, 0.1) is 11.6 Å². The summed E-state index contributed by atoms with van der Waals surface area (Å²) in [5.41, 5.74) is -0.0544. The minimum absolute atomic E-state index is 0.0544. The van der Waals surface area contributed by atoms with Gasteiger partial charge in [0.2, 0.25) is 0 Å². The normalized spacial score (nSPS) is 11.6. The second kappa shape index (κ2) is 3.10. The quantitative estimate of drug-likeness (QED) is 0.433.